The molecule has 0 aliphatic heterocycles. The molecule has 0 saturated heterocycles. The second kappa shape index (κ2) is 7.51. The molecule has 0 radical (unpaired) electrons. The van der Waals surface area contributed by atoms with Gasteiger partial charge < -0.3 is 10.5 Å². The maximum atomic E-state index is 6.24. The molecule has 0 bridgehead atoms. The van der Waals surface area contributed by atoms with Crippen LogP contribution in [0.15, 0.2) is 12.4 Å². The first-order valence-electron chi connectivity index (χ1n) is 6.55. The Morgan fingerprint density at radius 3 is 2.78 bits per heavy atom. The van der Waals surface area contributed by atoms with Crippen molar-refractivity contribution in [3.8, 4) is 0 Å². The molecule has 5 heteroatoms. The number of rotatable bonds is 8. The SMILES string of the molecule is CCC(C)N(CCOC)CC(N)c1cnn(C)c1. The average Bonchev–Trinajstić information content (AvgIpc) is 2.80. The molecule has 0 saturated carbocycles. The van der Waals surface area contributed by atoms with Gasteiger partial charge in [0.05, 0.1) is 12.8 Å². The van der Waals surface area contributed by atoms with E-state index in [-0.39, 0.29) is 6.04 Å². The van der Waals surface area contributed by atoms with Crippen LogP contribution >= 0.6 is 0 Å². The normalized spacial score (nSPS) is 15.0. The summed E-state index contributed by atoms with van der Waals surface area (Å²) in [7, 11) is 3.64. The first-order chi connectivity index (χ1) is 8.58. The Labute approximate surface area is 110 Å². The third kappa shape index (κ3) is 4.40. The van der Waals surface area contributed by atoms with Crippen LogP contribution in [0.4, 0.5) is 0 Å². The molecular formula is C13H26N4O. The van der Waals surface area contributed by atoms with Gasteiger partial charge in [-0.25, -0.2) is 0 Å². The standard InChI is InChI=1S/C13H26N4O/c1-5-11(2)17(6-7-18-4)10-13(14)12-8-15-16(3)9-12/h8-9,11,13H,5-7,10,14H2,1-4H3. The van der Waals surface area contributed by atoms with Gasteiger partial charge in [-0.1, -0.05) is 6.92 Å². The summed E-state index contributed by atoms with van der Waals surface area (Å²) in [5.41, 5.74) is 7.32. The van der Waals surface area contributed by atoms with Crippen LogP contribution in [0.3, 0.4) is 0 Å². The van der Waals surface area contributed by atoms with Gasteiger partial charge in [-0.05, 0) is 13.3 Å². The molecule has 0 amide bonds. The Kier molecular flexibility index (Phi) is 6.32. The van der Waals surface area contributed by atoms with E-state index in [0.717, 1.165) is 31.7 Å². The van der Waals surface area contributed by atoms with Gasteiger partial charge in [-0.3, -0.25) is 9.58 Å². The number of aromatic nitrogens is 2. The van der Waals surface area contributed by atoms with Crippen LogP contribution in [0.2, 0.25) is 0 Å². The monoisotopic (exact) mass is 254 g/mol. The highest BCUT2D eigenvalue weighted by molar-refractivity contribution is 5.10. The molecule has 2 N–H and O–H groups in total. The third-order valence-electron chi connectivity index (χ3n) is 3.38. The van der Waals surface area contributed by atoms with Gasteiger partial charge in [0.2, 0.25) is 0 Å². The van der Waals surface area contributed by atoms with E-state index in [1.54, 1.807) is 11.8 Å². The van der Waals surface area contributed by atoms with E-state index in [0.29, 0.717) is 6.04 Å². The zero-order valence-electron chi connectivity index (χ0n) is 12.0. The minimum Gasteiger partial charge on any atom is -0.383 e. The fourth-order valence-corrected chi connectivity index (χ4v) is 1.95. The summed E-state index contributed by atoms with van der Waals surface area (Å²) in [6, 6.07) is 0.521. The molecular weight excluding hydrogens is 228 g/mol. The second-order valence-electron chi connectivity index (χ2n) is 4.80. The Bertz CT molecular complexity index is 339. The number of nitrogens with zero attached hydrogens (tertiary/aromatic N) is 3. The molecule has 2 atom stereocenters. The predicted molar refractivity (Wildman–Crippen MR) is 73.3 cm³/mol. The largest absolute Gasteiger partial charge is 0.383 e. The highest BCUT2D eigenvalue weighted by Crippen LogP contribution is 2.13. The third-order valence-corrected chi connectivity index (χ3v) is 3.38. The maximum Gasteiger partial charge on any atom is 0.0589 e. The summed E-state index contributed by atoms with van der Waals surface area (Å²) in [5.74, 6) is 0. The molecule has 0 aromatic carbocycles. The van der Waals surface area contributed by atoms with Gasteiger partial charge in [0.1, 0.15) is 0 Å². The molecule has 5 nitrogen and oxygen atoms in total. The highest BCUT2D eigenvalue weighted by Gasteiger charge is 2.17. The number of nitrogens with two attached hydrogens (primary N) is 1. The number of methoxy groups -OCH3 is 1. The van der Waals surface area contributed by atoms with Gasteiger partial charge in [0.25, 0.3) is 0 Å². The Morgan fingerprint density at radius 1 is 1.56 bits per heavy atom. The van der Waals surface area contributed by atoms with Crippen molar-refractivity contribution in [2.45, 2.75) is 32.4 Å². The number of hydrogen-bond donors (Lipinski definition) is 1. The minimum absolute atomic E-state index is 0.00422. The molecule has 1 aromatic heterocycles. The van der Waals surface area contributed by atoms with E-state index >= 15 is 0 Å². The lowest BCUT2D eigenvalue weighted by molar-refractivity contribution is 0.118. The summed E-state index contributed by atoms with van der Waals surface area (Å²) in [6.07, 6.45) is 4.94. The van der Waals surface area contributed by atoms with Gasteiger partial charge in [0.15, 0.2) is 0 Å². The summed E-state index contributed by atoms with van der Waals surface area (Å²) in [5, 5.41) is 4.17. The maximum absolute atomic E-state index is 6.24. The zero-order valence-corrected chi connectivity index (χ0v) is 12.0. The van der Waals surface area contributed by atoms with Crippen molar-refractivity contribution in [2.24, 2.45) is 12.8 Å². The molecule has 2 unspecified atom stereocenters. The fraction of sp³-hybridized carbons (Fsp3) is 0.769. The topological polar surface area (TPSA) is 56.3 Å². The Balaban J connectivity index is 2.58. The Morgan fingerprint density at radius 2 is 2.28 bits per heavy atom. The predicted octanol–water partition coefficient (Wildman–Crippen LogP) is 1.17. The Hall–Kier alpha value is -0.910. The van der Waals surface area contributed by atoms with Crippen molar-refractivity contribution in [1.82, 2.24) is 14.7 Å². The first kappa shape index (κ1) is 15.1. The van der Waals surface area contributed by atoms with Crippen LogP contribution in [-0.2, 0) is 11.8 Å². The van der Waals surface area contributed by atoms with E-state index in [9.17, 15) is 0 Å². The molecule has 1 heterocycles. The highest BCUT2D eigenvalue weighted by atomic mass is 16.5. The fourth-order valence-electron chi connectivity index (χ4n) is 1.95. The smallest absolute Gasteiger partial charge is 0.0589 e. The minimum atomic E-state index is 0.00422. The van der Waals surface area contributed by atoms with Crippen LogP contribution in [-0.4, -0.2) is 47.5 Å². The van der Waals surface area contributed by atoms with Crippen LogP contribution < -0.4 is 5.73 Å². The summed E-state index contributed by atoms with van der Waals surface area (Å²) in [4.78, 5) is 2.38. The van der Waals surface area contributed by atoms with Gasteiger partial charge in [0, 0.05) is 51.1 Å². The van der Waals surface area contributed by atoms with E-state index in [1.807, 2.05) is 19.4 Å². The van der Waals surface area contributed by atoms with E-state index < -0.39 is 0 Å². The van der Waals surface area contributed by atoms with Crippen molar-refractivity contribution < 1.29 is 4.74 Å². The molecule has 18 heavy (non-hydrogen) atoms. The lowest BCUT2D eigenvalue weighted by atomic mass is 10.1. The molecule has 0 spiro atoms. The molecule has 0 aliphatic carbocycles. The molecule has 0 fully saturated rings. The lowest BCUT2D eigenvalue weighted by Gasteiger charge is -2.30. The number of ether oxygens (including phenoxy) is 1. The van der Waals surface area contributed by atoms with Crippen LogP contribution in [0.5, 0.6) is 0 Å². The number of aryl methyl sites for hydroxylation is 1. The van der Waals surface area contributed by atoms with Crippen molar-refractivity contribution in [3.63, 3.8) is 0 Å². The lowest BCUT2D eigenvalue weighted by Crippen LogP contribution is -2.40. The molecule has 1 rings (SSSR count). The van der Waals surface area contributed by atoms with Gasteiger partial charge in [-0.15, -0.1) is 0 Å². The van der Waals surface area contributed by atoms with Crippen LogP contribution in [0.1, 0.15) is 31.9 Å². The summed E-state index contributed by atoms with van der Waals surface area (Å²) < 4.78 is 6.95. The number of hydrogen-bond acceptors (Lipinski definition) is 4. The van der Waals surface area contributed by atoms with Crippen molar-refractivity contribution >= 4 is 0 Å². The average molecular weight is 254 g/mol. The van der Waals surface area contributed by atoms with E-state index in [4.69, 9.17) is 10.5 Å². The van der Waals surface area contributed by atoms with Crippen LogP contribution in [0, 0.1) is 0 Å². The zero-order chi connectivity index (χ0) is 13.5. The molecule has 104 valence electrons. The second-order valence-corrected chi connectivity index (χ2v) is 4.80. The molecule has 1 aromatic rings. The van der Waals surface area contributed by atoms with E-state index in [1.165, 1.54) is 0 Å². The first-order valence-corrected chi connectivity index (χ1v) is 6.55. The van der Waals surface area contributed by atoms with E-state index in [2.05, 4.69) is 23.8 Å². The van der Waals surface area contributed by atoms with Gasteiger partial charge in [-0.2, -0.15) is 5.10 Å². The summed E-state index contributed by atoms with van der Waals surface area (Å²) in [6.45, 7) is 6.92. The van der Waals surface area contributed by atoms with Gasteiger partial charge >= 0.3 is 0 Å². The van der Waals surface area contributed by atoms with Crippen molar-refractivity contribution in [3.05, 3.63) is 18.0 Å². The summed E-state index contributed by atoms with van der Waals surface area (Å²) >= 11 is 0. The molecule has 0 aliphatic rings. The van der Waals surface area contributed by atoms with Crippen LogP contribution in [0.25, 0.3) is 0 Å². The van der Waals surface area contributed by atoms with Crippen molar-refractivity contribution in [1.29, 1.82) is 0 Å². The van der Waals surface area contributed by atoms with Crippen molar-refractivity contribution in [2.75, 3.05) is 26.8 Å². The quantitative estimate of drug-likeness (QED) is 0.756.